The van der Waals surface area contributed by atoms with Gasteiger partial charge >= 0.3 is 0 Å². The first-order valence-electron chi connectivity index (χ1n) is 8.06. The Bertz CT molecular complexity index is 1020. The number of rotatable bonds is 4. The molecule has 124 valence electrons. The van der Waals surface area contributed by atoms with Crippen LogP contribution >= 0.6 is 0 Å². The lowest BCUT2D eigenvalue weighted by atomic mass is 10.2. The smallest absolute Gasteiger partial charge is 0.223 e. The van der Waals surface area contributed by atoms with E-state index in [0.29, 0.717) is 18.3 Å². The highest BCUT2D eigenvalue weighted by Crippen LogP contribution is 2.19. The first-order valence-corrected chi connectivity index (χ1v) is 8.06. The van der Waals surface area contributed by atoms with Crippen LogP contribution < -0.4 is 5.32 Å². The summed E-state index contributed by atoms with van der Waals surface area (Å²) in [6, 6.07) is 15.8. The minimum absolute atomic E-state index is 0.558. The number of fused-ring (bicyclic) bond motifs is 1. The summed E-state index contributed by atoms with van der Waals surface area (Å²) in [7, 11) is 0. The number of benzene rings is 2. The van der Waals surface area contributed by atoms with E-state index in [1.165, 1.54) is 0 Å². The molecule has 0 bridgehead atoms. The van der Waals surface area contributed by atoms with E-state index >= 15 is 0 Å². The van der Waals surface area contributed by atoms with E-state index in [1.807, 2.05) is 55.5 Å². The molecule has 0 aliphatic carbocycles. The van der Waals surface area contributed by atoms with Gasteiger partial charge < -0.3 is 9.84 Å². The first-order chi connectivity index (χ1) is 12.2. The summed E-state index contributed by atoms with van der Waals surface area (Å²) in [4.78, 5) is 13.5. The Kier molecular flexibility index (Phi) is 3.85. The van der Waals surface area contributed by atoms with Crippen LogP contribution in [0.25, 0.3) is 22.4 Å². The van der Waals surface area contributed by atoms with Gasteiger partial charge in [0.25, 0.3) is 0 Å². The number of nitrogens with one attached hydrogen (secondary N) is 1. The van der Waals surface area contributed by atoms with Crippen LogP contribution in [0.1, 0.15) is 17.3 Å². The monoisotopic (exact) mass is 331 g/mol. The van der Waals surface area contributed by atoms with Gasteiger partial charge in [-0.05, 0) is 43.3 Å². The second-order valence-corrected chi connectivity index (χ2v) is 5.81. The number of anilines is 1. The number of aryl methyl sites for hydroxylation is 2. The maximum absolute atomic E-state index is 5.01. The van der Waals surface area contributed by atoms with Gasteiger partial charge in [0.05, 0.1) is 29.0 Å². The van der Waals surface area contributed by atoms with Crippen molar-refractivity contribution in [2.45, 2.75) is 20.4 Å². The van der Waals surface area contributed by atoms with Crippen molar-refractivity contribution in [1.82, 2.24) is 20.1 Å². The van der Waals surface area contributed by atoms with E-state index in [-0.39, 0.29) is 0 Å². The second-order valence-electron chi connectivity index (χ2n) is 5.81. The molecule has 0 amide bonds. The van der Waals surface area contributed by atoms with Gasteiger partial charge in [-0.25, -0.2) is 9.97 Å². The third-order valence-corrected chi connectivity index (χ3v) is 3.97. The Morgan fingerprint density at radius 2 is 1.60 bits per heavy atom. The van der Waals surface area contributed by atoms with Crippen molar-refractivity contribution in [1.29, 1.82) is 0 Å². The van der Waals surface area contributed by atoms with Crippen LogP contribution in [-0.2, 0) is 6.54 Å². The lowest BCUT2D eigenvalue weighted by molar-refractivity contribution is 0.394. The lowest BCUT2D eigenvalue weighted by Gasteiger charge is -2.09. The quantitative estimate of drug-likeness (QED) is 0.611. The Labute approximate surface area is 144 Å². The molecule has 0 atom stereocenters. The molecule has 6 heteroatoms. The highest BCUT2D eigenvalue weighted by molar-refractivity contribution is 5.74. The van der Waals surface area contributed by atoms with Gasteiger partial charge in [-0.15, -0.1) is 0 Å². The van der Waals surface area contributed by atoms with Crippen LogP contribution in [0.2, 0.25) is 0 Å². The van der Waals surface area contributed by atoms with Crippen molar-refractivity contribution in [2.24, 2.45) is 0 Å². The molecule has 2 aromatic carbocycles. The van der Waals surface area contributed by atoms with Crippen molar-refractivity contribution >= 4 is 16.7 Å². The molecular formula is C19H17N5O. The maximum Gasteiger partial charge on any atom is 0.223 e. The van der Waals surface area contributed by atoms with E-state index in [2.05, 4.69) is 20.4 Å². The standard InChI is InChI=1S/C19H17N5O/c1-12-18(23-17-6-4-3-5-16(17)21-12)11-20-15-9-7-14(8-10-15)19-22-13(2)25-24-19/h3-10,20H,11H2,1-2H3. The fourth-order valence-electron chi connectivity index (χ4n) is 2.63. The van der Waals surface area contributed by atoms with Crippen molar-refractivity contribution in [3.05, 3.63) is 65.8 Å². The van der Waals surface area contributed by atoms with Crippen LogP contribution in [0, 0.1) is 13.8 Å². The number of aromatic nitrogens is 4. The Morgan fingerprint density at radius 3 is 2.28 bits per heavy atom. The van der Waals surface area contributed by atoms with Crippen LogP contribution in [0.4, 0.5) is 5.69 Å². The molecule has 2 heterocycles. The molecular weight excluding hydrogens is 314 g/mol. The second kappa shape index (κ2) is 6.32. The third-order valence-electron chi connectivity index (χ3n) is 3.97. The van der Waals surface area contributed by atoms with E-state index < -0.39 is 0 Å². The van der Waals surface area contributed by atoms with Gasteiger partial charge in [0.15, 0.2) is 0 Å². The molecule has 0 fully saturated rings. The van der Waals surface area contributed by atoms with Gasteiger partial charge in [0.2, 0.25) is 11.7 Å². The van der Waals surface area contributed by atoms with Gasteiger partial charge in [-0.1, -0.05) is 17.3 Å². The largest absolute Gasteiger partial charge is 0.379 e. The summed E-state index contributed by atoms with van der Waals surface area (Å²) in [5.41, 5.74) is 5.63. The van der Waals surface area contributed by atoms with Gasteiger partial charge in [-0.2, -0.15) is 4.98 Å². The fourth-order valence-corrected chi connectivity index (χ4v) is 2.63. The number of hydrogen-bond acceptors (Lipinski definition) is 6. The van der Waals surface area contributed by atoms with E-state index in [9.17, 15) is 0 Å². The molecule has 0 radical (unpaired) electrons. The summed E-state index contributed by atoms with van der Waals surface area (Å²) in [6.45, 7) is 4.38. The van der Waals surface area contributed by atoms with E-state index in [1.54, 1.807) is 6.92 Å². The number of nitrogens with zero attached hydrogens (tertiary/aromatic N) is 4. The van der Waals surface area contributed by atoms with Crippen molar-refractivity contribution in [2.75, 3.05) is 5.32 Å². The minimum Gasteiger partial charge on any atom is -0.379 e. The zero-order chi connectivity index (χ0) is 17.2. The predicted molar refractivity (Wildman–Crippen MR) is 96.1 cm³/mol. The molecule has 0 spiro atoms. The highest BCUT2D eigenvalue weighted by atomic mass is 16.5. The lowest BCUT2D eigenvalue weighted by Crippen LogP contribution is -2.05. The molecule has 4 aromatic rings. The zero-order valence-electron chi connectivity index (χ0n) is 14.0. The van der Waals surface area contributed by atoms with Crippen LogP contribution in [0.15, 0.2) is 53.1 Å². The highest BCUT2D eigenvalue weighted by Gasteiger charge is 2.07. The molecule has 0 aliphatic rings. The van der Waals surface area contributed by atoms with Crippen LogP contribution in [-0.4, -0.2) is 20.1 Å². The number of hydrogen-bond donors (Lipinski definition) is 1. The fraction of sp³-hybridized carbons (Fsp3) is 0.158. The first kappa shape index (κ1) is 15.3. The predicted octanol–water partition coefficient (Wildman–Crippen LogP) is 3.91. The van der Waals surface area contributed by atoms with Crippen LogP contribution in [0.3, 0.4) is 0 Å². The summed E-state index contributed by atoms with van der Waals surface area (Å²) in [5, 5.41) is 7.31. The Morgan fingerprint density at radius 1 is 0.880 bits per heavy atom. The molecule has 0 aliphatic heterocycles. The summed E-state index contributed by atoms with van der Waals surface area (Å²) in [6.07, 6.45) is 0. The van der Waals surface area contributed by atoms with Crippen LogP contribution in [0.5, 0.6) is 0 Å². The number of para-hydroxylation sites is 2. The molecule has 4 rings (SSSR count). The average molecular weight is 331 g/mol. The minimum atomic E-state index is 0.558. The average Bonchev–Trinajstić information content (AvgIpc) is 3.07. The molecule has 2 aromatic heterocycles. The summed E-state index contributed by atoms with van der Waals surface area (Å²) in [5.74, 6) is 1.16. The van der Waals surface area contributed by atoms with E-state index in [0.717, 1.165) is 33.7 Å². The van der Waals surface area contributed by atoms with E-state index in [4.69, 9.17) is 9.51 Å². The summed E-state index contributed by atoms with van der Waals surface area (Å²) >= 11 is 0. The molecule has 0 unspecified atom stereocenters. The molecule has 6 nitrogen and oxygen atoms in total. The van der Waals surface area contributed by atoms with Gasteiger partial charge in [-0.3, -0.25) is 0 Å². The Hall–Kier alpha value is -3.28. The Balaban J connectivity index is 1.50. The molecule has 25 heavy (non-hydrogen) atoms. The van der Waals surface area contributed by atoms with Gasteiger partial charge in [0, 0.05) is 18.2 Å². The zero-order valence-corrected chi connectivity index (χ0v) is 14.0. The normalized spacial score (nSPS) is 11.0. The molecule has 0 saturated heterocycles. The van der Waals surface area contributed by atoms with Crippen molar-refractivity contribution in [3.8, 4) is 11.4 Å². The topological polar surface area (TPSA) is 76.7 Å². The molecule has 0 saturated carbocycles. The van der Waals surface area contributed by atoms with Gasteiger partial charge in [0.1, 0.15) is 0 Å². The van der Waals surface area contributed by atoms with Crippen molar-refractivity contribution < 1.29 is 4.52 Å². The van der Waals surface area contributed by atoms with Crippen molar-refractivity contribution in [3.63, 3.8) is 0 Å². The molecule has 1 N–H and O–H groups in total. The SMILES string of the molecule is Cc1nc(-c2ccc(NCc3nc4ccccc4nc3C)cc2)no1. The third kappa shape index (κ3) is 3.19. The summed E-state index contributed by atoms with van der Waals surface area (Å²) < 4.78 is 5.01. The maximum atomic E-state index is 5.01.